The van der Waals surface area contributed by atoms with Crippen LogP contribution in [0, 0.1) is 0 Å². The minimum atomic E-state index is -0.331. The molecule has 0 bridgehead atoms. The van der Waals surface area contributed by atoms with Crippen molar-refractivity contribution in [3.63, 3.8) is 0 Å². The Labute approximate surface area is 184 Å². The van der Waals surface area contributed by atoms with Gasteiger partial charge in [-0.1, -0.05) is 41.4 Å². The Hall–Kier alpha value is -3.06. The molecule has 8 heteroatoms. The van der Waals surface area contributed by atoms with Gasteiger partial charge in [-0.15, -0.1) is 11.3 Å². The fourth-order valence-electron chi connectivity index (χ4n) is 3.15. The van der Waals surface area contributed by atoms with Crippen molar-refractivity contribution in [1.82, 2.24) is 4.98 Å². The summed E-state index contributed by atoms with van der Waals surface area (Å²) in [6.07, 6.45) is 0. The molecule has 0 aliphatic rings. The lowest BCUT2D eigenvalue weighted by atomic mass is 10.1. The Morgan fingerprint density at radius 1 is 1.07 bits per heavy atom. The van der Waals surface area contributed by atoms with E-state index >= 15 is 0 Å². The number of rotatable bonds is 3. The fourth-order valence-corrected chi connectivity index (χ4v) is 4.73. The Morgan fingerprint density at radius 3 is 2.73 bits per heavy atom. The van der Waals surface area contributed by atoms with Gasteiger partial charge in [0.2, 0.25) is 5.89 Å². The summed E-state index contributed by atoms with van der Waals surface area (Å²) in [4.78, 5) is 17.6. The molecule has 0 fully saturated rings. The summed E-state index contributed by atoms with van der Waals surface area (Å²) in [5.41, 5.74) is 1.94. The van der Waals surface area contributed by atoms with Gasteiger partial charge in [-0.3, -0.25) is 4.79 Å². The van der Waals surface area contributed by atoms with Crippen LogP contribution in [0.25, 0.3) is 32.6 Å². The van der Waals surface area contributed by atoms with Crippen molar-refractivity contribution in [2.24, 2.45) is 0 Å². The smallest absolute Gasteiger partial charge is 0.267 e. The van der Waals surface area contributed by atoms with E-state index in [1.165, 1.54) is 17.4 Å². The average Bonchev–Trinajstić information content (AvgIpc) is 3.30. The van der Waals surface area contributed by atoms with Crippen LogP contribution in [0.15, 0.2) is 65.1 Å². The Bertz CT molecular complexity index is 1440. The van der Waals surface area contributed by atoms with Crippen LogP contribution in [-0.4, -0.2) is 16.0 Å². The molecule has 2 heterocycles. The van der Waals surface area contributed by atoms with Gasteiger partial charge in [0, 0.05) is 20.8 Å². The second-order valence-corrected chi connectivity index (χ2v) is 8.43. The summed E-state index contributed by atoms with van der Waals surface area (Å²) >= 11 is 13.7. The van der Waals surface area contributed by atoms with E-state index in [9.17, 15) is 9.90 Å². The molecular weight excluding hydrogens is 443 g/mol. The number of phenolic OH excluding ortho intramolecular Hbond substituents is 1. The van der Waals surface area contributed by atoms with Crippen molar-refractivity contribution in [2.75, 3.05) is 5.32 Å². The van der Waals surface area contributed by atoms with Crippen molar-refractivity contribution in [3.8, 4) is 17.2 Å². The molecule has 3 aromatic carbocycles. The van der Waals surface area contributed by atoms with E-state index in [4.69, 9.17) is 27.6 Å². The summed E-state index contributed by atoms with van der Waals surface area (Å²) in [7, 11) is 0. The number of aromatic nitrogens is 1. The number of benzene rings is 3. The maximum atomic E-state index is 12.8. The zero-order chi connectivity index (χ0) is 20.8. The largest absolute Gasteiger partial charge is 0.507 e. The lowest BCUT2D eigenvalue weighted by Gasteiger charge is -2.07. The number of carbonyl (C=O) groups is 1. The molecule has 5 rings (SSSR count). The van der Waals surface area contributed by atoms with E-state index in [0.717, 1.165) is 10.1 Å². The molecule has 0 saturated carbocycles. The van der Waals surface area contributed by atoms with Crippen molar-refractivity contribution in [3.05, 3.63) is 75.6 Å². The SMILES string of the molecule is O=C(Nc1ccc(O)c(-c2nc3cc(Cl)ccc3o2)c1)c1sc2ccccc2c1Cl. The second kappa shape index (κ2) is 7.32. The standard InChI is InChI=1S/C22H12Cl2N2O3S/c23-11-5-8-17-15(9-11)26-22(29-17)14-10-12(6-7-16(14)27)25-21(28)20-19(24)13-3-1-2-4-18(13)30-20/h1-10,27H,(H,25,28). The van der Waals surface area contributed by atoms with Crippen molar-refractivity contribution < 1.29 is 14.3 Å². The van der Waals surface area contributed by atoms with Gasteiger partial charge < -0.3 is 14.8 Å². The number of nitrogens with zero attached hydrogens (tertiary/aromatic N) is 1. The van der Waals surface area contributed by atoms with E-state index < -0.39 is 0 Å². The van der Waals surface area contributed by atoms with Gasteiger partial charge >= 0.3 is 0 Å². The summed E-state index contributed by atoms with van der Waals surface area (Å²) in [6.45, 7) is 0. The minimum absolute atomic E-state index is 0.0226. The quantitative estimate of drug-likeness (QED) is 0.288. The molecule has 0 radical (unpaired) electrons. The lowest BCUT2D eigenvalue weighted by molar-refractivity contribution is 0.103. The number of hydrogen-bond acceptors (Lipinski definition) is 5. The van der Waals surface area contributed by atoms with E-state index in [0.29, 0.717) is 37.3 Å². The van der Waals surface area contributed by atoms with Crippen LogP contribution in [-0.2, 0) is 0 Å². The first-order chi connectivity index (χ1) is 14.5. The third-order valence-electron chi connectivity index (χ3n) is 4.58. The normalized spacial score (nSPS) is 11.3. The summed E-state index contributed by atoms with van der Waals surface area (Å²) in [5.74, 6) is -0.131. The van der Waals surface area contributed by atoms with E-state index in [1.54, 1.807) is 30.3 Å². The second-order valence-electron chi connectivity index (χ2n) is 6.56. The number of fused-ring (bicyclic) bond motifs is 2. The highest BCUT2D eigenvalue weighted by Crippen LogP contribution is 2.37. The highest BCUT2D eigenvalue weighted by Gasteiger charge is 2.19. The average molecular weight is 455 g/mol. The Kier molecular flexibility index (Phi) is 4.62. The van der Waals surface area contributed by atoms with Crippen LogP contribution in [0.5, 0.6) is 5.75 Å². The first-order valence-electron chi connectivity index (χ1n) is 8.87. The first kappa shape index (κ1) is 18.9. The van der Waals surface area contributed by atoms with Gasteiger partial charge in [-0.25, -0.2) is 4.98 Å². The van der Waals surface area contributed by atoms with Gasteiger partial charge in [0.1, 0.15) is 16.1 Å². The van der Waals surface area contributed by atoms with Crippen molar-refractivity contribution in [2.45, 2.75) is 0 Å². The predicted molar refractivity (Wildman–Crippen MR) is 121 cm³/mol. The lowest BCUT2D eigenvalue weighted by Crippen LogP contribution is -2.10. The number of halogens is 2. The third-order valence-corrected chi connectivity index (χ3v) is 6.48. The van der Waals surface area contributed by atoms with E-state index in [1.807, 2.05) is 24.3 Å². The summed E-state index contributed by atoms with van der Waals surface area (Å²) in [6, 6.07) is 17.3. The molecule has 2 N–H and O–H groups in total. The van der Waals surface area contributed by atoms with Crippen molar-refractivity contribution >= 4 is 67.3 Å². The summed E-state index contributed by atoms with van der Waals surface area (Å²) < 4.78 is 6.67. The molecule has 0 atom stereocenters. The molecule has 0 aliphatic carbocycles. The number of aromatic hydroxyl groups is 1. The molecule has 5 nitrogen and oxygen atoms in total. The van der Waals surface area contributed by atoms with Gasteiger partial charge in [-0.05, 0) is 42.5 Å². The Morgan fingerprint density at radius 2 is 1.90 bits per heavy atom. The number of anilines is 1. The minimum Gasteiger partial charge on any atom is -0.507 e. The predicted octanol–water partition coefficient (Wildman–Crippen LogP) is 6.97. The number of nitrogens with one attached hydrogen (secondary N) is 1. The van der Waals surface area contributed by atoms with Crippen LogP contribution in [0.2, 0.25) is 10.0 Å². The number of thiophene rings is 1. The van der Waals surface area contributed by atoms with Crippen LogP contribution in [0.4, 0.5) is 5.69 Å². The van der Waals surface area contributed by atoms with E-state index in [-0.39, 0.29) is 17.5 Å². The van der Waals surface area contributed by atoms with Gasteiger partial charge in [0.25, 0.3) is 5.91 Å². The van der Waals surface area contributed by atoms with E-state index in [2.05, 4.69) is 10.3 Å². The maximum Gasteiger partial charge on any atom is 0.267 e. The monoisotopic (exact) mass is 454 g/mol. The van der Waals surface area contributed by atoms with Gasteiger partial charge in [0.15, 0.2) is 5.58 Å². The van der Waals surface area contributed by atoms with Gasteiger partial charge in [0.05, 0.1) is 10.6 Å². The fraction of sp³-hybridized carbons (Fsp3) is 0. The first-order valence-corrected chi connectivity index (χ1v) is 10.4. The van der Waals surface area contributed by atoms with Crippen LogP contribution < -0.4 is 5.32 Å². The third kappa shape index (κ3) is 3.29. The number of amides is 1. The topological polar surface area (TPSA) is 75.4 Å². The zero-order valence-electron chi connectivity index (χ0n) is 15.1. The van der Waals surface area contributed by atoms with Gasteiger partial charge in [-0.2, -0.15) is 0 Å². The molecule has 0 spiro atoms. The van der Waals surface area contributed by atoms with Crippen LogP contribution in [0.3, 0.4) is 0 Å². The molecule has 0 saturated heterocycles. The molecule has 2 aromatic heterocycles. The van der Waals surface area contributed by atoms with Crippen LogP contribution in [0.1, 0.15) is 9.67 Å². The molecule has 0 aliphatic heterocycles. The number of phenols is 1. The molecule has 5 aromatic rings. The zero-order valence-corrected chi connectivity index (χ0v) is 17.5. The van der Waals surface area contributed by atoms with Crippen LogP contribution >= 0.6 is 34.5 Å². The highest BCUT2D eigenvalue weighted by atomic mass is 35.5. The van der Waals surface area contributed by atoms with Crippen molar-refractivity contribution in [1.29, 1.82) is 0 Å². The number of oxazole rings is 1. The molecule has 0 unspecified atom stereocenters. The molecule has 148 valence electrons. The molecule has 1 amide bonds. The molecule has 30 heavy (non-hydrogen) atoms. The highest BCUT2D eigenvalue weighted by molar-refractivity contribution is 7.21. The maximum absolute atomic E-state index is 12.8. The summed E-state index contributed by atoms with van der Waals surface area (Å²) in [5, 5.41) is 14.9. The number of carbonyl (C=O) groups excluding carboxylic acids is 1. The Balaban J connectivity index is 1.49. The number of hydrogen-bond donors (Lipinski definition) is 2. The molecular formula is C22H12Cl2N2O3S.